The van der Waals surface area contributed by atoms with Gasteiger partial charge in [-0.05, 0) is 19.1 Å². The van der Waals surface area contributed by atoms with Gasteiger partial charge in [0, 0.05) is 24.6 Å². The normalized spacial score (nSPS) is 10.1. The lowest BCUT2D eigenvalue weighted by Crippen LogP contribution is -2.19. The Hall–Kier alpha value is -2.43. The molecule has 1 heterocycles. The molecule has 0 bridgehead atoms. The summed E-state index contributed by atoms with van der Waals surface area (Å²) in [6.07, 6.45) is 2.63. The fourth-order valence-corrected chi connectivity index (χ4v) is 1.62. The van der Waals surface area contributed by atoms with E-state index in [2.05, 4.69) is 9.97 Å². The Balaban J connectivity index is 2.31. The molecule has 2 rings (SSSR count). The molecule has 2 aromatic rings. The van der Waals surface area contributed by atoms with Crippen LogP contribution in [-0.2, 0) is 0 Å². The maximum absolute atomic E-state index is 10.7. The summed E-state index contributed by atoms with van der Waals surface area (Å²) in [7, 11) is 0. The molecule has 18 heavy (non-hydrogen) atoms. The van der Waals surface area contributed by atoms with Gasteiger partial charge >= 0.3 is 5.97 Å². The number of para-hydroxylation sites is 1. The Kier molecular flexibility index (Phi) is 3.52. The van der Waals surface area contributed by atoms with Crippen LogP contribution >= 0.6 is 0 Å². The van der Waals surface area contributed by atoms with Crippen molar-refractivity contribution in [3.63, 3.8) is 0 Å². The molecular weight excluding hydrogens is 230 g/mol. The largest absolute Gasteiger partial charge is 0.478 e. The maximum Gasteiger partial charge on any atom is 0.338 e. The molecule has 0 atom stereocenters. The zero-order valence-corrected chi connectivity index (χ0v) is 9.95. The van der Waals surface area contributed by atoms with Gasteiger partial charge in [-0.25, -0.2) is 14.8 Å². The van der Waals surface area contributed by atoms with E-state index in [1.807, 2.05) is 42.2 Å². The first-order chi connectivity index (χ1) is 8.72. The lowest BCUT2D eigenvalue weighted by molar-refractivity contribution is 0.0696. The third kappa shape index (κ3) is 2.45. The number of aromatic nitrogens is 2. The first-order valence-electron chi connectivity index (χ1n) is 5.60. The number of benzene rings is 1. The van der Waals surface area contributed by atoms with Gasteiger partial charge in [0.2, 0.25) is 5.95 Å². The zero-order valence-electron chi connectivity index (χ0n) is 9.95. The lowest BCUT2D eigenvalue weighted by Gasteiger charge is -2.20. The predicted octanol–water partition coefficient (Wildman–Crippen LogP) is 2.33. The highest BCUT2D eigenvalue weighted by atomic mass is 16.4. The quantitative estimate of drug-likeness (QED) is 0.892. The summed E-state index contributed by atoms with van der Waals surface area (Å²) in [6.45, 7) is 2.69. The minimum absolute atomic E-state index is 0.0860. The van der Waals surface area contributed by atoms with Crippen LogP contribution in [0.1, 0.15) is 17.3 Å². The molecule has 1 N–H and O–H groups in total. The van der Waals surface area contributed by atoms with Gasteiger partial charge in [0.1, 0.15) is 0 Å². The molecule has 0 spiro atoms. The van der Waals surface area contributed by atoms with Crippen molar-refractivity contribution in [2.45, 2.75) is 6.92 Å². The molecule has 0 fully saturated rings. The number of hydrogen-bond acceptors (Lipinski definition) is 4. The van der Waals surface area contributed by atoms with Crippen molar-refractivity contribution in [3.8, 4) is 0 Å². The van der Waals surface area contributed by atoms with Crippen LogP contribution in [0.15, 0.2) is 42.7 Å². The van der Waals surface area contributed by atoms with Crippen molar-refractivity contribution in [1.29, 1.82) is 0 Å². The fourth-order valence-electron chi connectivity index (χ4n) is 1.62. The molecule has 0 aliphatic carbocycles. The molecule has 0 aliphatic heterocycles. The smallest absolute Gasteiger partial charge is 0.338 e. The summed E-state index contributed by atoms with van der Waals surface area (Å²) in [5, 5.41) is 8.79. The molecule has 0 radical (unpaired) electrons. The number of carbonyl (C=O) groups is 1. The van der Waals surface area contributed by atoms with Gasteiger partial charge in [0.15, 0.2) is 0 Å². The number of anilines is 2. The van der Waals surface area contributed by atoms with Gasteiger partial charge in [-0.1, -0.05) is 18.2 Å². The van der Waals surface area contributed by atoms with Gasteiger partial charge in [0.05, 0.1) is 5.56 Å². The Morgan fingerprint density at radius 2 is 1.83 bits per heavy atom. The predicted molar refractivity (Wildman–Crippen MR) is 68.1 cm³/mol. The molecule has 5 heteroatoms. The van der Waals surface area contributed by atoms with E-state index in [1.165, 1.54) is 12.4 Å². The van der Waals surface area contributed by atoms with E-state index in [4.69, 9.17) is 5.11 Å². The van der Waals surface area contributed by atoms with Gasteiger partial charge in [-0.2, -0.15) is 0 Å². The Labute approximate surface area is 105 Å². The second-order valence-corrected chi connectivity index (χ2v) is 3.66. The molecule has 5 nitrogen and oxygen atoms in total. The van der Waals surface area contributed by atoms with Crippen LogP contribution in [0.4, 0.5) is 11.6 Å². The third-order valence-corrected chi connectivity index (χ3v) is 2.51. The molecule has 0 amide bonds. The van der Waals surface area contributed by atoms with E-state index in [0.717, 1.165) is 5.69 Å². The van der Waals surface area contributed by atoms with Gasteiger partial charge < -0.3 is 10.0 Å². The number of carboxylic acid groups (broad SMARTS) is 1. The number of hydrogen-bond donors (Lipinski definition) is 1. The molecule has 0 aliphatic rings. The minimum atomic E-state index is -1.02. The van der Waals surface area contributed by atoms with Crippen molar-refractivity contribution in [2.75, 3.05) is 11.4 Å². The highest BCUT2D eigenvalue weighted by molar-refractivity contribution is 5.86. The molecular formula is C13H13N3O2. The second-order valence-electron chi connectivity index (χ2n) is 3.66. The molecule has 0 saturated heterocycles. The van der Waals surface area contributed by atoms with Crippen LogP contribution in [-0.4, -0.2) is 27.6 Å². The third-order valence-electron chi connectivity index (χ3n) is 2.51. The van der Waals surface area contributed by atoms with Crippen LogP contribution in [0.25, 0.3) is 0 Å². The van der Waals surface area contributed by atoms with Crippen molar-refractivity contribution in [1.82, 2.24) is 9.97 Å². The fraction of sp³-hybridized carbons (Fsp3) is 0.154. The number of rotatable bonds is 4. The average molecular weight is 243 g/mol. The lowest BCUT2D eigenvalue weighted by atomic mass is 10.3. The summed E-state index contributed by atoms with van der Waals surface area (Å²) in [6, 6.07) is 9.72. The highest BCUT2D eigenvalue weighted by Gasteiger charge is 2.11. The second kappa shape index (κ2) is 5.27. The zero-order chi connectivity index (χ0) is 13.0. The van der Waals surface area contributed by atoms with Crippen LogP contribution in [0.5, 0.6) is 0 Å². The SMILES string of the molecule is CCN(c1ccccc1)c1ncc(C(=O)O)cn1. The first-order valence-corrected chi connectivity index (χ1v) is 5.60. The summed E-state index contributed by atoms with van der Waals surface area (Å²) < 4.78 is 0. The van der Waals surface area contributed by atoms with Gasteiger partial charge in [-0.15, -0.1) is 0 Å². The summed E-state index contributed by atoms with van der Waals surface area (Å²) in [4.78, 5) is 20.8. The Bertz CT molecular complexity index is 526. The van der Waals surface area contributed by atoms with E-state index in [9.17, 15) is 4.79 Å². The van der Waals surface area contributed by atoms with Crippen molar-refractivity contribution in [2.24, 2.45) is 0 Å². The standard InChI is InChI=1S/C13H13N3O2/c1-2-16(11-6-4-3-5-7-11)13-14-8-10(9-15-13)12(17)18/h3-9H,2H2,1H3,(H,17,18). The summed E-state index contributed by atoms with van der Waals surface area (Å²) >= 11 is 0. The molecule has 0 unspecified atom stereocenters. The van der Waals surface area contributed by atoms with Gasteiger partial charge in [0.25, 0.3) is 0 Å². The number of nitrogens with zero attached hydrogens (tertiary/aromatic N) is 3. The monoisotopic (exact) mass is 243 g/mol. The number of carboxylic acids is 1. The number of aromatic carboxylic acids is 1. The topological polar surface area (TPSA) is 66.3 Å². The van der Waals surface area contributed by atoms with E-state index in [-0.39, 0.29) is 5.56 Å². The Morgan fingerprint density at radius 1 is 1.22 bits per heavy atom. The minimum Gasteiger partial charge on any atom is -0.478 e. The van der Waals surface area contributed by atoms with Crippen LogP contribution in [0, 0.1) is 0 Å². The van der Waals surface area contributed by atoms with E-state index >= 15 is 0 Å². The van der Waals surface area contributed by atoms with Crippen molar-refractivity contribution < 1.29 is 9.90 Å². The van der Waals surface area contributed by atoms with Crippen LogP contribution < -0.4 is 4.90 Å². The first kappa shape index (κ1) is 12.0. The molecule has 1 aromatic carbocycles. The van der Waals surface area contributed by atoms with Crippen molar-refractivity contribution >= 4 is 17.6 Å². The van der Waals surface area contributed by atoms with E-state index in [0.29, 0.717) is 12.5 Å². The average Bonchev–Trinajstić information content (AvgIpc) is 2.41. The molecule has 92 valence electrons. The van der Waals surface area contributed by atoms with E-state index in [1.54, 1.807) is 0 Å². The highest BCUT2D eigenvalue weighted by Crippen LogP contribution is 2.20. The van der Waals surface area contributed by atoms with E-state index < -0.39 is 5.97 Å². The summed E-state index contributed by atoms with van der Waals surface area (Å²) in [5.74, 6) is -0.530. The van der Waals surface area contributed by atoms with Crippen molar-refractivity contribution in [3.05, 3.63) is 48.3 Å². The summed E-state index contributed by atoms with van der Waals surface area (Å²) in [5.41, 5.74) is 1.06. The van der Waals surface area contributed by atoms with Gasteiger partial charge in [-0.3, -0.25) is 0 Å². The molecule has 1 aromatic heterocycles. The van der Waals surface area contributed by atoms with Crippen LogP contribution in [0.2, 0.25) is 0 Å². The van der Waals surface area contributed by atoms with Crippen LogP contribution in [0.3, 0.4) is 0 Å². The Morgan fingerprint density at radius 3 is 2.33 bits per heavy atom. The molecule has 0 saturated carbocycles. The maximum atomic E-state index is 10.7.